The number of nitrogens with zero attached hydrogens (tertiary/aromatic N) is 3. The van der Waals surface area contributed by atoms with Crippen molar-refractivity contribution in [1.29, 1.82) is 0 Å². The van der Waals surface area contributed by atoms with Crippen molar-refractivity contribution in [2.75, 3.05) is 0 Å². The summed E-state index contributed by atoms with van der Waals surface area (Å²) in [4.78, 5) is 4.18. The molecule has 0 saturated heterocycles. The third-order valence-electron chi connectivity index (χ3n) is 2.28. The fourth-order valence-electron chi connectivity index (χ4n) is 1.43. The predicted octanol–water partition coefficient (Wildman–Crippen LogP) is 3.59. The molecule has 0 unspecified atom stereocenters. The number of halogens is 3. The lowest BCUT2D eigenvalue weighted by atomic mass is 10.2. The Balaban J connectivity index is 0.000000141. The highest BCUT2D eigenvalue weighted by atomic mass is 19.4. The molecule has 0 fully saturated rings. The maximum Gasteiger partial charge on any atom is 0.504 e. The van der Waals surface area contributed by atoms with Crippen LogP contribution in [0.25, 0.3) is 10.9 Å². The van der Waals surface area contributed by atoms with Gasteiger partial charge in [-0.05, 0) is 18.2 Å². The molecule has 0 saturated carbocycles. The van der Waals surface area contributed by atoms with Gasteiger partial charge in [0.15, 0.2) is 0 Å². The van der Waals surface area contributed by atoms with Gasteiger partial charge in [-0.15, -0.1) is 13.2 Å². The number of aromatic nitrogens is 3. The number of hydrogen-bond acceptors (Lipinski definition) is 2. The molecule has 1 aromatic carbocycles. The summed E-state index contributed by atoms with van der Waals surface area (Å²) in [6.45, 7) is 0. The van der Waals surface area contributed by atoms with Crippen LogP contribution < -0.4 is 0 Å². The molecule has 0 aliphatic rings. The molecule has 3 aromatic rings. The van der Waals surface area contributed by atoms with Gasteiger partial charge in [0.25, 0.3) is 0 Å². The van der Waals surface area contributed by atoms with E-state index in [2.05, 4.69) is 22.2 Å². The highest BCUT2D eigenvalue weighted by molar-refractivity contribution is 5.77. The van der Waals surface area contributed by atoms with Crippen molar-refractivity contribution in [2.45, 2.75) is 6.30 Å². The molecule has 2 aromatic heterocycles. The summed E-state index contributed by atoms with van der Waals surface area (Å²) in [6, 6.07) is 13.3. The van der Waals surface area contributed by atoms with Gasteiger partial charge in [-0.2, -0.15) is 9.78 Å². The summed E-state index contributed by atoms with van der Waals surface area (Å²) in [5.41, 5.74) is 1.06. The zero-order valence-electron chi connectivity index (χ0n) is 9.75. The van der Waals surface area contributed by atoms with Crippen LogP contribution in [0.1, 0.15) is 0 Å². The number of para-hydroxylation sites is 1. The second kappa shape index (κ2) is 5.51. The van der Waals surface area contributed by atoms with Gasteiger partial charge in [0.05, 0.1) is 5.52 Å². The highest BCUT2D eigenvalue weighted by Gasteiger charge is 2.30. The molecule has 0 aliphatic carbocycles. The Hall–Kier alpha value is -2.37. The van der Waals surface area contributed by atoms with E-state index in [0.717, 1.165) is 17.9 Å². The fourth-order valence-corrected chi connectivity index (χ4v) is 1.43. The Morgan fingerprint density at radius 1 is 0.895 bits per heavy atom. The van der Waals surface area contributed by atoms with Gasteiger partial charge in [-0.1, -0.05) is 24.3 Å². The lowest BCUT2D eigenvalue weighted by molar-refractivity contribution is -0.212. The van der Waals surface area contributed by atoms with Gasteiger partial charge >= 0.3 is 6.30 Å². The lowest BCUT2D eigenvalue weighted by Gasteiger charge is -2.03. The monoisotopic (exact) mass is 265 g/mol. The van der Waals surface area contributed by atoms with Crippen molar-refractivity contribution in [3.63, 3.8) is 0 Å². The van der Waals surface area contributed by atoms with E-state index in [0.29, 0.717) is 0 Å². The Morgan fingerprint density at radius 3 is 2.21 bits per heavy atom. The average molecular weight is 265 g/mol. The first-order valence-corrected chi connectivity index (χ1v) is 5.44. The lowest BCUT2D eigenvalue weighted by Crippen LogP contribution is -2.16. The zero-order chi connectivity index (χ0) is 13.7. The maximum absolute atomic E-state index is 11.5. The molecule has 0 radical (unpaired) electrons. The highest BCUT2D eigenvalue weighted by Crippen LogP contribution is 2.19. The molecule has 0 N–H and O–H groups in total. The van der Waals surface area contributed by atoms with Crippen molar-refractivity contribution in [1.82, 2.24) is 14.8 Å². The number of rotatable bonds is 0. The van der Waals surface area contributed by atoms with Crippen LogP contribution in [0.2, 0.25) is 0 Å². The largest absolute Gasteiger partial charge is 0.504 e. The van der Waals surface area contributed by atoms with Crippen LogP contribution >= 0.6 is 0 Å². The van der Waals surface area contributed by atoms with Crippen LogP contribution in [-0.2, 0) is 6.30 Å². The van der Waals surface area contributed by atoms with E-state index < -0.39 is 6.30 Å². The second-order valence-electron chi connectivity index (χ2n) is 3.61. The average Bonchev–Trinajstić information content (AvgIpc) is 2.93. The van der Waals surface area contributed by atoms with E-state index in [1.807, 2.05) is 30.5 Å². The van der Waals surface area contributed by atoms with Crippen molar-refractivity contribution >= 4 is 10.9 Å². The molecular weight excluding hydrogens is 255 g/mol. The molecule has 3 rings (SSSR count). The van der Waals surface area contributed by atoms with E-state index in [9.17, 15) is 13.2 Å². The van der Waals surface area contributed by atoms with Crippen molar-refractivity contribution in [3.8, 4) is 0 Å². The summed E-state index contributed by atoms with van der Waals surface area (Å²) in [7, 11) is 0. The first-order chi connectivity index (χ1) is 9.07. The Morgan fingerprint density at radius 2 is 1.63 bits per heavy atom. The molecule has 0 atom stereocenters. The minimum Gasteiger partial charge on any atom is -0.256 e. The van der Waals surface area contributed by atoms with Crippen molar-refractivity contribution < 1.29 is 13.2 Å². The van der Waals surface area contributed by atoms with Gasteiger partial charge in [-0.25, -0.2) is 0 Å². The third kappa shape index (κ3) is 3.54. The van der Waals surface area contributed by atoms with Gasteiger partial charge in [0.2, 0.25) is 0 Å². The summed E-state index contributed by atoms with van der Waals surface area (Å²) in [5, 5.41) is 4.18. The van der Waals surface area contributed by atoms with Crippen LogP contribution in [0.5, 0.6) is 0 Å². The number of hydrogen-bond donors (Lipinski definition) is 0. The minimum absolute atomic E-state index is 0.0625. The Kier molecular flexibility index (Phi) is 3.79. The van der Waals surface area contributed by atoms with Crippen LogP contribution in [0.15, 0.2) is 61.1 Å². The van der Waals surface area contributed by atoms with Gasteiger partial charge in [-0.3, -0.25) is 4.98 Å². The van der Waals surface area contributed by atoms with E-state index in [1.165, 1.54) is 11.5 Å². The normalized spacial score (nSPS) is 10.9. The van der Waals surface area contributed by atoms with E-state index >= 15 is 0 Å². The summed E-state index contributed by atoms with van der Waals surface area (Å²) in [5.74, 6) is 0. The first kappa shape index (κ1) is 13.1. The molecular formula is C13H10F3N3. The molecule has 2 heterocycles. The Bertz CT molecular complexity index is 567. The number of alkyl halides is 3. The summed E-state index contributed by atoms with van der Waals surface area (Å²) < 4.78 is 34.5. The fraction of sp³-hybridized carbons (Fsp3) is 0.0769. The molecule has 0 spiro atoms. The predicted molar refractivity (Wildman–Crippen MR) is 65.3 cm³/mol. The Labute approximate surface area is 107 Å². The van der Waals surface area contributed by atoms with E-state index in [4.69, 9.17) is 0 Å². The standard InChI is InChI=1S/C9H7N.C4H3F3N2/c1-2-6-9-8(4-1)5-3-7-10-9;5-4(6,7)9-3-1-2-8-9/h1-7H;1-3H. The zero-order valence-corrected chi connectivity index (χ0v) is 9.75. The number of benzene rings is 1. The van der Waals surface area contributed by atoms with Crippen molar-refractivity contribution in [2.24, 2.45) is 0 Å². The topological polar surface area (TPSA) is 30.7 Å². The van der Waals surface area contributed by atoms with Crippen LogP contribution in [-0.4, -0.2) is 14.8 Å². The van der Waals surface area contributed by atoms with Gasteiger partial charge in [0.1, 0.15) is 0 Å². The minimum atomic E-state index is -4.37. The van der Waals surface area contributed by atoms with E-state index in [1.54, 1.807) is 0 Å². The van der Waals surface area contributed by atoms with Crippen LogP contribution in [0.4, 0.5) is 13.2 Å². The molecule has 0 bridgehead atoms. The molecule has 0 amide bonds. The van der Waals surface area contributed by atoms with Crippen molar-refractivity contribution in [3.05, 3.63) is 61.1 Å². The smallest absolute Gasteiger partial charge is 0.256 e. The maximum atomic E-state index is 11.5. The first-order valence-electron chi connectivity index (χ1n) is 5.44. The van der Waals surface area contributed by atoms with E-state index in [-0.39, 0.29) is 4.68 Å². The second-order valence-corrected chi connectivity index (χ2v) is 3.61. The van der Waals surface area contributed by atoms with Crippen LogP contribution in [0.3, 0.4) is 0 Å². The van der Waals surface area contributed by atoms with Gasteiger partial charge < -0.3 is 0 Å². The quantitative estimate of drug-likeness (QED) is 0.622. The molecule has 98 valence electrons. The van der Waals surface area contributed by atoms with Gasteiger partial charge in [0, 0.05) is 24.0 Å². The summed E-state index contributed by atoms with van der Waals surface area (Å²) >= 11 is 0. The third-order valence-corrected chi connectivity index (χ3v) is 2.28. The SMILES string of the molecule is FC(F)(F)n1cccn1.c1ccc2ncccc2c1. The summed E-state index contributed by atoms with van der Waals surface area (Å²) in [6.07, 6.45) is -0.640. The number of pyridine rings is 1. The molecule has 3 nitrogen and oxygen atoms in total. The molecule has 0 aliphatic heterocycles. The molecule has 19 heavy (non-hydrogen) atoms. The molecule has 6 heteroatoms. The van der Waals surface area contributed by atoms with Crippen LogP contribution in [0, 0.1) is 0 Å². The number of fused-ring (bicyclic) bond motifs is 1.